The zero-order valence-corrected chi connectivity index (χ0v) is 10.2. The van der Waals surface area contributed by atoms with Crippen LogP contribution in [0.1, 0.15) is 18.4 Å². The molecule has 1 atom stereocenters. The van der Waals surface area contributed by atoms with Gasteiger partial charge in [0.1, 0.15) is 0 Å². The standard InChI is InChI=1S/C9H9N.C5H11NO/c1-7-3-2-4-8-5-6-10-9(7)8;7-5-2-1-3-6-4-5/h2-6,10H,1H3;5-7H,1-4H2. The molecular weight excluding hydrogens is 212 g/mol. The number of aromatic amines is 1. The number of nitrogens with one attached hydrogen (secondary N) is 2. The first-order valence-electron chi connectivity index (χ1n) is 6.19. The molecule has 92 valence electrons. The summed E-state index contributed by atoms with van der Waals surface area (Å²) in [7, 11) is 0. The molecule has 2 aromatic rings. The van der Waals surface area contributed by atoms with Crippen molar-refractivity contribution in [2.24, 2.45) is 0 Å². The number of aryl methyl sites for hydroxylation is 1. The van der Waals surface area contributed by atoms with Crippen molar-refractivity contribution in [3.05, 3.63) is 36.0 Å². The van der Waals surface area contributed by atoms with Crippen molar-refractivity contribution >= 4 is 10.9 Å². The SMILES string of the molecule is Cc1cccc2cc[nH]c12.OC1CCCNC1. The van der Waals surface area contributed by atoms with Gasteiger partial charge in [0.25, 0.3) is 0 Å². The predicted octanol–water partition coefficient (Wildman–Crippen LogP) is 2.21. The summed E-state index contributed by atoms with van der Waals surface area (Å²) < 4.78 is 0. The minimum Gasteiger partial charge on any atom is -0.392 e. The highest BCUT2D eigenvalue weighted by Gasteiger charge is 2.06. The van der Waals surface area contributed by atoms with Crippen LogP contribution in [0.25, 0.3) is 10.9 Å². The molecule has 2 heterocycles. The molecule has 17 heavy (non-hydrogen) atoms. The summed E-state index contributed by atoms with van der Waals surface area (Å²) in [5.41, 5.74) is 2.56. The van der Waals surface area contributed by atoms with Crippen LogP contribution in [0.15, 0.2) is 30.5 Å². The summed E-state index contributed by atoms with van der Waals surface area (Å²) in [6, 6.07) is 8.38. The number of aromatic nitrogens is 1. The number of H-pyrrole nitrogens is 1. The summed E-state index contributed by atoms with van der Waals surface area (Å²) in [5.74, 6) is 0. The Morgan fingerprint density at radius 3 is 2.76 bits per heavy atom. The van der Waals surface area contributed by atoms with Crippen LogP contribution in [0.5, 0.6) is 0 Å². The Kier molecular flexibility index (Phi) is 4.18. The van der Waals surface area contributed by atoms with Gasteiger partial charge in [0.2, 0.25) is 0 Å². The van der Waals surface area contributed by atoms with E-state index in [9.17, 15) is 0 Å². The lowest BCUT2D eigenvalue weighted by Crippen LogP contribution is -2.33. The molecule has 0 saturated carbocycles. The van der Waals surface area contributed by atoms with E-state index in [0.29, 0.717) is 0 Å². The van der Waals surface area contributed by atoms with Crippen LogP contribution in [-0.4, -0.2) is 29.3 Å². The summed E-state index contributed by atoms with van der Waals surface area (Å²) in [5, 5.41) is 13.2. The van der Waals surface area contributed by atoms with Gasteiger partial charge in [-0.05, 0) is 43.3 Å². The number of hydrogen-bond donors (Lipinski definition) is 3. The molecule has 3 N–H and O–H groups in total. The summed E-state index contributed by atoms with van der Waals surface area (Å²) in [6.07, 6.45) is 4.00. The maximum Gasteiger partial charge on any atom is 0.0665 e. The van der Waals surface area contributed by atoms with E-state index in [-0.39, 0.29) is 6.10 Å². The summed E-state index contributed by atoms with van der Waals surface area (Å²) in [6.45, 7) is 3.98. The lowest BCUT2D eigenvalue weighted by Gasteiger charge is -2.16. The highest BCUT2D eigenvalue weighted by Crippen LogP contribution is 2.14. The van der Waals surface area contributed by atoms with Crippen molar-refractivity contribution in [1.29, 1.82) is 0 Å². The van der Waals surface area contributed by atoms with Crippen molar-refractivity contribution in [2.45, 2.75) is 25.9 Å². The molecule has 0 bridgehead atoms. The van der Waals surface area contributed by atoms with E-state index in [4.69, 9.17) is 5.11 Å². The Bertz CT molecular complexity index is 458. The van der Waals surface area contributed by atoms with Gasteiger partial charge in [0, 0.05) is 18.3 Å². The van der Waals surface area contributed by atoms with Crippen molar-refractivity contribution in [3.63, 3.8) is 0 Å². The molecule has 1 saturated heterocycles. The topological polar surface area (TPSA) is 48.0 Å². The van der Waals surface area contributed by atoms with Crippen LogP contribution in [0.2, 0.25) is 0 Å². The monoisotopic (exact) mass is 232 g/mol. The Morgan fingerprint density at radius 2 is 2.18 bits per heavy atom. The first kappa shape index (κ1) is 12.1. The number of β-amino-alcohol motifs (C(OH)–C–C–N with tert-alkyl or cyclic N) is 1. The highest BCUT2D eigenvalue weighted by molar-refractivity contribution is 5.82. The third kappa shape index (κ3) is 3.32. The van der Waals surface area contributed by atoms with Gasteiger partial charge in [-0.1, -0.05) is 18.2 Å². The average Bonchev–Trinajstić information content (AvgIpc) is 2.80. The van der Waals surface area contributed by atoms with E-state index in [2.05, 4.69) is 41.5 Å². The van der Waals surface area contributed by atoms with Crippen molar-refractivity contribution in [2.75, 3.05) is 13.1 Å². The van der Waals surface area contributed by atoms with E-state index < -0.39 is 0 Å². The molecule has 1 aliphatic heterocycles. The molecule has 0 aliphatic carbocycles. The van der Waals surface area contributed by atoms with E-state index in [0.717, 1.165) is 25.9 Å². The van der Waals surface area contributed by atoms with Crippen molar-refractivity contribution in [3.8, 4) is 0 Å². The molecule has 3 rings (SSSR count). The number of aliphatic hydroxyl groups is 1. The molecule has 1 fully saturated rings. The third-order valence-electron chi connectivity index (χ3n) is 3.07. The molecule has 1 aromatic heterocycles. The molecule has 0 radical (unpaired) electrons. The second-order valence-corrected chi connectivity index (χ2v) is 4.52. The highest BCUT2D eigenvalue weighted by atomic mass is 16.3. The van der Waals surface area contributed by atoms with Crippen LogP contribution in [0.3, 0.4) is 0 Å². The molecular formula is C14H20N2O. The second kappa shape index (κ2) is 5.84. The molecule has 3 nitrogen and oxygen atoms in total. The largest absolute Gasteiger partial charge is 0.392 e. The maximum atomic E-state index is 8.85. The van der Waals surface area contributed by atoms with Gasteiger partial charge in [-0.2, -0.15) is 0 Å². The van der Waals surface area contributed by atoms with E-state index >= 15 is 0 Å². The van der Waals surface area contributed by atoms with Crippen molar-refractivity contribution < 1.29 is 5.11 Å². The summed E-state index contributed by atoms with van der Waals surface area (Å²) >= 11 is 0. The van der Waals surface area contributed by atoms with Crippen molar-refractivity contribution in [1.82, 2.24) is 10.3 Å². The minimum absolute atomic E-state index is 0.0752. The lowest BCUT2D eigenvalue weighted by atomic mass is 10.1. The third-order valence-corrected chi connectivity index (χ3v) is 3.07. The quantitative estimate of drug-likeness (QED) is 0.652. The smallest absolute Gasteiger partial charge is 0.0665 e. The fourth-order valence-corrected chi connectivity index (χ4v) is 2.07. The van der Waals surface area contributed by atoms with Gasteiger partial charge in [0.05, 0.1) is 6.10 Å². The fraction of sp³-hybridized carbons (Fsp3) is 0.429. The number of para-hydroxylation sites is 1. The number of aliphatic hydroxyl groups excluding tert-OH is 1. The molecule has 3 heteroatoms. The Morgan fingerprint density at radius 1 is 1.29 bits per heavy atom. The Labute approximate surface area is 102 Å². The normalized spacial score (nSPS) is 19.8. The Hall–Kier alpha value is -1.32. The number of rotatable bonds is 0. The van der Waals surface area contributed by atoms with Crippen LogP contribution >= 0.6 is 0 Å². The summed E-state index contributed by atoms with van der Waals surface area (Å²) in [4.78, 5) is 3.19. The van der Waals surface area contributed by atoms with Gasteiger partial charge in [-0.15, -0.1) is 0 Å². The predicted molar refractivity (Wildman–Crippen MR) is 71.1 cm³/mol. The number of hydrogen-bond acceptors (Lipinski definition) is 2. The zero-order valence-electron chi connectivity index (χ0n) is 10.2. The average molecular weight is 232 g/mol. The number of piperidine rings is 1. The minimum atomic E-state index is -0.0752. The molecule has 1 aromatic carbocycles. The van der Waals surface area contributed by atoms with E-state index in [1.165, 1.54) is 16.5 Å². The number of benzene rings is 1. The lowest BCUT2D eigenvalue weighted by molar-refractivity contribution is 0.142. The van der Waals surface area contributed by atoms with Gasteiger partial charge < -0.3 is 15.4 Å². The molecule has 1 aliphatic rings. The second-order valence-electron chi connectivity index (χ2n) is 4.52. The van der Waals surface area contributed by atoms with Crippen LogP contribution in [0, 0.1) is 6.92 Å². The number of fused-ring (bicyclic) bond motifs is 1. The molecule has 0 spiro atoms. The van der Waals surface area contributed by atoms with Gasteiger partial charge >= 0.3 is 0 Å². The van der Waals surface area contributed by atoms with E-state index in [1.807, 2.05) is 6.20 Å². The molecule has 1 unspecified atom stereocenters. The van der Waals surface area contributed by atoms with E-state index in [1.54, 1.807) is 0 Å². The van der Waals surface area contributed by atoms with Gasteiger partial charge in [0.15, 0.2) is 0 Å². The molecule has 0 amide bonds. The fourth-order valence-electron chi connectivity index (χ4n) is 2.07. The van der Waals surface area contributed by atoms with Crippen LogP contribution < -0.4 is 5.32 Å². The van der Waals surface area contributed by atoms with Crippen LogP contribution in [0.4, 0.5) is 0 Å². The maximum absolute atomic E-state index is 8.85. The Balaban J connectivity index is 0.000000136. The first-order chi connectivity index (χ1) is 8.27. The zero-order chi connectivity index (χ0) is 12.1. The van der Waals surface area contributed by atoms with Gasteiger partial charge in [-0.3, -0.25) is 0 Å². The van der Waals surface area contributed by atoms with Gasteiger partial charge in [-0.25, -0.2) is 0 Å². The first-order valence-corrected chi connectivity index (χ1v) is 6.19. The van der Waals surface area contributed by atoms with Crippen LogP contribution in [-0.2, 0) is 0 Å².